The molecule has 0 spiro atoms. The Bertz CT molecular complexity index is 820. The van der Waals surface area contributed by atoms with Gasteiger partial charge in [-0.25, -0.2) is 0 Å². The van der Waals surface area contributed by atoms with Gasteiger partial charge in [0.2, 0.25) is 11.8 Å². The molecule has 0 saturated heterocycles. The van der Waals surface area contributed by atoms with Crippen LogP contribution in [-0.4, -0.2) is 43.0 Å². The van der Waals surface area contributed by atoms with Crippen molar-refractivity contribution in [2.24, 2.45) is 0 Å². The molecule has 2 aromatic rings. The number of benzene rings is 2. The summed E-state index contributed by atoms with van der Waals surface area (Å²) in [6.07, 6.45) is -0.116. The zero-order chi connectivity index (χ0) is 21.2. The fraction of sp³-hybridized carbons (Fsp3) is 0.318. The summed E-state index contributed by atoms with van der Waals surface area (Å²) in [5.41, 5.74) is 2.91. The molecule has 0 radical (unpaired) electrons. The van der Waals surface area contributed by atoms with Crippen molar-refractivity contribution >= 4 is 23.5 Å². The lowest BCUT2D eigenvalue weighted by atomic mass is 10.0. The van der Waals surface area contributed by atoms with Crippen molar-refractivity contribution in [2.45, 2.75) is 31.8 Å². The molecule has 0 heterocycles. The Kier molecular flexibility index (Phi) is 8.21. The van der Waals surface area contributed by atoms with E-state index in [1.54, 1.807) is 0 Å². The number of anilines is 1. The molecular weight excluding hydrogens is 370 g/mol. The molecule has 154 valence electrons. The van der Waals surface area contributed by atoms with E-state index >= 15 is 0 Å². The smallest absolute Gasteiger partial charge is 0.303 e. The minimum Gasteiger partial charge on any atom is -0.481 e. The van der Waals surface area contributed by atoms with Gasteiger partial charge in [0.25, 0.3) is 0 Å². The lowest BCUT2D eigenvalue weighted by Gasteiger charge is -2.19. The number of carboxylic acid groups (broad SMARTS) is 1. The lowest BCUT2D eigenvalue weighted by molar-refractivity contribution is -0.139. The molecule has 0 fully saturated rings. The zero-order valence-corrected chi connectivity index (χ0v) is 16.7. The van der Waals surface area contributed by atoms with E-state index in [9.17, 15) is 14.4 Å². The van der Waals surface area contributed by atoms with Gasteiger partial charge < -0.3 is 20.6 Å². The maximum Gasteiger partial charge on any atom is 0.303 e. The average molecular weight is 397 g/mol. The van der Waals surface area contributed by atoms with E-state index < -0.39 is 17.9 Å². The van der Waals surface area contributed by atoms with E-state index in [1.165, 1.54) is 0 Å². The summed E-state index contributed by atoms with van der Waals surface area (Å²) in [7, 11) is 3.91. The Balaban J connectivity index is 2.00. The Morgan fingerprint density at radius 2 is 1.59 bits per heavy atom. The number of hydrogen-bond acceptors (Lipinski definition) is 4. The first-order chi connectivity index (χ1) is 13.8. The molecule has 29 heavy (non-hydrogen) atoms. The summed E-state index contributed by atoms with van der Waals surface area (Å²) in [6, 6.07) is 16.4. The predicted molar refractivity (Wildman–Crippen MR) is 112 cm³/mol. The maximum atomic E-state index is 12.7. The summed E-state index contributed by atoms with van der Waals surface area (Å²) < 4.78 is 0. The molecule has 0 bridgehead atoms. The predicted octanol–water partition coefficient (Wildman–Crippen LogP) is 1.96. The van der Waals surface area contributed by atoms with Crippen molar-refractivity contribution in [3.8, 4) is 0 Å². The molecule has 2 amide bonds. The molecule has 3 N–H and O–H groups in total. The van der Waals surface area contributed by atoms with Gasteiger partial charge in [-0.05, 0) is 23.3 Å². The van der Waals surface area contributed by atoms with Gasteiger partial charge in [-0.15, -0.1) is 0 Å². The van der Waals surface area contributed by atoms with E-state index in [2.05, 4.69) is 10.6 Å². The van der Waals surface area contributed by atoms with Gasteiger partial charge in [-0.2, -0.15) is 0 Å². The number of carboxylic acids is 1. The van der Waals surface area contributed by atoms with Crippen LogP contribution in [0.15, 0.2) is 54.6 Å². The van der Waals surface area contributed by atoms with Crippen LogP contribution < -0.4 is 15.5 Å². The van der Waals surface area contributed by atoms with Crippen molar-refractivity contribution in [2.75, 3.05) is 19.0 Å². The van der Waals surface area contributed by atoms with Crippen LogP contribution in [0.25, 0.3) is 0 Å². The van der Waals surface area contributed by atoms with Crippen LogP contribution in [0.3, 0.4) is 0 Å². The Labute approximate surface area is 170 Å². The monoisotopic (exact) mass is 397 g/mol. The second-order valence-electron chi connectivity index (χ2n) is 6.98. The summed E-state index contributed by atoms with van der Waals surface area (Å²) in [5, 5.41) is 14.3. The molecule has 2 rings (SSSR count). The van der Waals surface area contributed by atoms with E-state index in [1.807, 2.05) is 73.6 Å². The molecule has 0 aliphatic carbocycles. The highest BCUT2D eigenvalue weighted by atomic mass is 16.4. The second kappa shape index (κ2) is 10.8. The summed E-state index contributed by atoms with van der Waals surface area (Å²) >= 11 is 0. The first-order valence-corrected chi connectivity index (χ1v) is 9.44. The third-order valence-corrected chi connectivity index (χ3v) is 4.42. The SMILES string of the molecule is CN(C)c1ccc(CNC(=O)C(Cc2ccccc2)NC(=O)CCC(=O)O)cc1. The minimum atomic E-state index is -1.05. The minimum absolute atomic E-state index is 0.167. The van der Waals surface area contributed by atoms with Crippen molar-refractivity contribution in [1.29, 1.82) is 0 Å². The first kappa shape index (κ1) is 21.9. The Hall–Kier alpha value is -3.35. The van der Waals surface area contributed by atoms with Gasteiger partial charge >= 0.3 is 5.97 Å². The van der Waals surface area contributed by atoms with Crippen LogP contribution in [0.5, 0.6) is 0 Å². The molecule has 2 aromatic carbocycles. The van der Waals surface area contributed by atoms with Crippen molar-refractivity contribution in [3.05, 3.63) is 65.7 Å². The Morgan fingerprint density at radius 3 is 2.17 bits per heavy atom. The highest BCUT2D eigenvalue weighted by Crippen LogP contribution is 2.12. The van der Waals surface area contributed by atoms with Crippen LogP contribution in [0.2, 0.25) is 0 Å². The fourth-order valence-electron chi connectivity index (χ4n) is 2.77. The highest BCUT2D eigenvalue weighted by Gasteiger charge is 2.21. The van der Waals surface area contributed by atoms with E-state index in [0.29, 0.717) is 13.0 Å². The standard InChI is InChI=1S/C22H27N3O4/c1-25(2)18-10-8-17(9-11-18)15-23-22(29)19(14-16-6-4-3-5-7-16)24-20(26)12-13-21(27)28/h3-11,19H,12-15H2,1-2H3,(H,23,29)(H,24,26)(H,27,28). The number of nitrogens with one attached hydrogen (secondary N) is 2. The molecule has 0 aromatic heterocycles. The van der Waals surface area contributed by atoms with Gasteiger partial charge in [-0.3, -0.25) is 14.4 Å². The summed E-state index contributed by atoms with van der Waals surface area (Å²) in [4.78, 5) is 37.5. The van der Waals surface area contributed by atoms with Crippen LogP contribution >= 0.6 is 0 Å². The molecular formula is C22H27N3O4. The molecule has 1 atom stereocenters. The van der Waals surface area contributed by atoms with Crippen molar-refractivity contribution in [3.63, 3.8) is 0 Å². The number of carbonyl (C=O) groups is 3. The van der Waals surface area contributed by atoms with Crippen LogP contribution in [-0.2, 0) is 27.3 Å². The van der Waals surface area contributed by atoms with E-state index in [0.717, 1.165) is 16.8 Å². The summed E-state index contributed by atoms with van der Waals surface area (Å²) in [6.45, 7) is 0.336. The number of amides is 2. The van der Waals surface area contributed by atoms with Crippen molar-refractivity contribution < 1.29 is 19.5 Å². The van der Waals surface area contributed by atoms with Crippen LogP contribution in [0.1, 0.15) is 24.0 Å². The zero-order valence-electron chi connectivity index (χ0n) is 16.7. The van der Waals surface area contributed by atoms with E-state index in [4.69, 9.17) is 5.11 Å². The van der Waals surface area contributed by atoms with E-state index in [-0.39, 0.29) is 18.7 Å². The number of carbonyl (C=O) groups excluding carboxylic acids is 2. The van der Waals surface area contributed by atoms with Gasteiger partial charge in [0.15, 0.2) is 0 Å². The normalized spacial score (nSPS) is 11.4. The van der Waals surface area contributed by atoms with Gasteiger partial charge in [-0.1, -0.05) is 42.5 Å². The maximum absolute atomic E-state index is 12.7. The van der Waals surface area contributed by atoms with Gasteiger partial charge in [0, 0.05) is 39.2 Å². The second-order valence-corrected chi connectivity index (χ2v) is 6.98. The van der Waals surface area contributed by atoms with Gasteiger partial charge in [0.1, 0.15) is 6.04 Å². The number of nitrogens with zero attached hydrogens (tertiary/aromatic N) is 1. The lowest BCUT2D eigenvalue weighted by Crippen LogP contribution is -2.47. The quantitative estimate of drug-likeness (QED) is 0.569. The van der Waals surface area contributed by atoms with Gasteiger partial charge in [0.05, 0.1) is 6.42 Å². The largest absolute Gasteiger partial charge is 0.481 e. The van der Waals surface area contributed by atoms with Crippen LogP contribution in [0.4, 0.5) is 5.69 Å². The van der Waals surface area contributed by atoms with Crippen molar-refractivity contribution in [1.82, 2.24) is 10.6 Å². The average Bonchev–Trinajstić information content (AvgIpc) is 2.71. The molecule has 7 nitrogen and oxygen atoms in total. The fourth-order valence-corrected chi connectivity index (χ4v) is 2.77. The Morgan fingerprint density at radius 1 is 0.931 bits per heavy atom. The molecule has 7 heteroatoms. The third-order valence-electron chi connectivity index (χ3n) is 4.42. The summed E-state index contributed by atoms with van der Waals surface area (Å²) in [5.74, 6) is -1.82. The number of rotatable bonds is 10. The first-order valence-electron chi connectivity index (χ1n) is 9.44. The number of aliphatic carboxylic acids is 1. The molecule has 1 unspecified atom stereocenters. The van der Waals surface area contributed by atoms with Crippen LogP contribution in [0, 0.1) is 0 Å². The molecule has 0 aliphatic rings. The third kappa shape index (κ3) is 7.65. The highest BCUT2D eigenvalue weighted by molar-refractivity contribution is 5.88. The molecule has 0 aliphatic heterocycles. The topological polar surface area (TPSA) is 98.7 Å². The number of hydrogen-bond donors (Lipinski definition) is 3. The molecule has 0 saturated carbocycles.